The predicted octanol–water partition coefficient (Wildman–Crippen LogP) is 1.29. The second kappa shape index (κ2) is 7.08. The minimum atomic E-state index is -0.364. The number of nitriles is 1. The van der Waals surface area contributed by atoms with E-state index in [9.17, 15) is 0 Å². The van der Waals surface area contributed by atoms with E-state index in [1.54, 1.807) is 0 Å². The van der Waals surface area contributed by atoms with Gasteiger partial charge >= 0.3 is 0 Å². The number of hydrogen-bond acceptors (Lipinski definition) is 4. The fraction of sp³-hybridized carbons (Fsp3) is 0.929. The number of likely N-dealkylation sites (tertiary alicyclic amines) is 1. The molecule has 0 spiro atoms. The maximum absolute atomic E-state index is 9.12. The average Bonchev–Trinajstić information content (AvgIpc) is 2.75. The van der Waals surface area contributed by atoms with E-state index in [4.69, 9.17) is 5.26 Å². The molecule has 18 heavy (non-hydrogen) atoms. The summed E-state index contributed by atoms with van der Waals surface area (Å²) < 4.78 is 0. The quantitative estimate of drug-likeness (QED) is 0.741. The van der Waals surface area contributed by atoms with Crippen LogP contribution in [0.4, 0.5) is 0 Å². The van der Waals surface area contributed by atoms with Gasteiger partial charge in [0.2, 0.25) is 0 Å². The molecule has 4 heteroatoms. The molecule has 1 aliphatic rings. The van der Waals surface area contributed by atoms with Crippen molar-refractivity contribution < 1.29 is 0 Å². The van der Waals surface area contributed by atoms with Crippen LogP contribution in [0.1, 0.15) is 32.6 Å². The van der Waals surface area contributed by atoms with Crippen molar-refractivity contribution in [3.05, 3.63) is 0 Å². The Morgan fingerprint density at radius 3 is 2.78 bits per heavy atom. The Labute approximate surface area is 112 Å². The maximum atomic E-state index is 9.12. The monoisotopic (exact) mass is 252 g/mol. The van der Waals surface area contributed by atoms with Gasteiger partial charge in [-0.1, -0.05) is 0 Å². The van der Waals surface area contributed by atoms with Crippen molar-refractivity contribution in [1.29, 1.82) is 5.26 Å². The molecule has 2 atom stereocenters. The SMILES string of the molecule is CNC(C)(C#N)CCCN1CCCC1CN(C)C. The van der Waals surface area contributed by atoms with Crippen LogP contribution in [0, 0.1) is 11.3 Å². The molecule has 1 aliphatic heterocycles. The molecule has 4 nitrogen and oxygen atoms in total. The number of rotatable bonds is 7. The van der Waals surface area contributed by atoms with Gasteiger partial charge in [0.1, 0.15) is 5.54 Å². The third kappa shape index (κ3) is 4.56. The Bertz CT molecular complexity index is 284. The fourth-order valence-electron chi connectivity index (χ4n) is 2.69. The lowest BCUT2D eigenvalue weighted by Gasteiger charge is -2.28. The van der Waals surface area contributed by atoms with Crippen molar-refractivity contribution in [2.24, 2.45) is 0 Å². The Morgan fingerprint density at radius 2 is 2.22 bits per heavy atom. The Balaban J connectivity index is 2.32. The van der Waals surface area contributed by atoms with Crippen molar-refractivity contribution in [2.45, 2.75) is 44.2 Å². The second-order valence-corrected chi connectivity index (χ2v) is 5.89. The van der Waals surface area contributed by atoms with Gasteiger partial charge in [-0.25, -0.2) is 0 Å². The fourth-order valence-corrected chi connectivity index (χ4v) is 2.69. The van der Waals surface area contributed by atoms with E-state index < -0.39 is 0 Å². The highest BCUT2D eigenvalue weighted by molar-refractivity contribution is 5.02. The third-order valence-electron chi connectivity index (χ3n) is 4.00. The first-order chi connectivity index (χ1) is 8.50. The van der Waals surface area contributed by atoms with Crippen LogP contribution in [-0.4, -0.2) is 62.2 Å². The van der Waals surface area contributed by atoms with E-state index in [-0.39, 0.29) is 5.54 Å². The van der Waals surface area contributed by atoms with Crippen molar-refractivity contribution in [2.75, 3.05) is 40.8 Å². The molecule has 104 valence electrons. The van der Waals surface area contributed by atoms with Crippen LogP contribution in [0.25, 0.3) is 0 Å². The topological polar surface area (TPSA) is 42.3 Å². The second-order valence-electron chi connectivity index (χ2n) is 5.89. The van der Waals surface area contributed by atoms with Crippen LogP contribution in [-0.2, 0) is 0 Å². The first kappa shape index (κ1) is 15.4. The van der Waals surface area contributed by atoms with E-state index in [1.165, 1.54) is 19.4 Å². The molecular weight excluding hydrogens is 224 g/mol. The van der Waals surface area contributed by atoms with Crippen LogP contribution in [0.5, 0.6) is 0 Å². The minimum Gasteiger partial charge on any atom is -0.308 e. The van der Waals surface area contributed by atoms with Crippen LogP contribution in [0.3, 0.4) is 0 Å². The normalized spacial score (nSPS) is 24.1. The molecule has 0 aromatic heterocycles. The molecule has 0 aliphatic carbocycles. The molecule has 1 saturated heterocycles. The third-order valence-corrected chi connectivity index (χ3v) is 4.00. The number of nitrogens with one attached hydrogen (secondary N) is 1. The number of nitrogens with zero attached hydrogens (tertiary/aromatic N) is 3. The lowest BCUT2D eigenvalue weighted by atomic mass is 9.98. The first-order valence-corrected chi connectivity index (χ1v) is 6.99. The predicted molar refractivity (Wildman–Crippen MR) is 75.5 cm³/mol. The van der Waals surface area contributed by atoms with Crippen LogP contribution >= 0.6 is 0 Å². The van der Waals surface area contributed by atoms with Gasteiger partial charge in [0.25, 0.3) is 0 Å². The summed E-state index contributed by atoms with van der Waals surface area (Å²) in [5.41, 5.74) is -0.364. The van der Waals surface area contributed by atoms with Crippen molar-refractivity contribution in [3.63, 3.8) is 0 Å². The molecule has 1 fully saturated rings. The van der Waals surface area contributed by atoms with E-state index in [0.717, 1.165) is 25.9 Å². The largest absolute Gasteiger partial charge is 0.308 e. The zero-order valence-electron chi connectivity index (χ0n) is 12.4. The van der Waals surface area contributed by atoms with Crippen LogP contribution in [0.15, 0.2) is 0 Å². The molecule has 0 bridgehead atoms. The zero-order valence-corrected chi connectivity index (χ0v) is 12.4. The summed E-state index contributed by atoms with van der Waals surface area (Å²) in [6, 6.07) is 3.07. The number of hydrogen-bond donors (Lipinski definition) is 1. The van der Waals surface area contributed by atoms with Gasteiger partial charge in [0, 0.05) is 12.6 Å². The Kier molecular flexibility index (Phi) is 6.07. The van der Waals surface area contributed by atoms with E-state index in [0.29, 0.717) is 6.04 Å². The van der Waals surface area contributed by atoms with Crippen molar-refractivity contribution in [3.8, 4) is 6.07 Å². The standard InChI is InChI=1S/C14H28N4/c1-14(12-15,16-2)8-6-10-18-9-5-7-13(18)11-17(3)4/h13,16H,5-11H2,1-4H3. The minimum absolute atomic E-state index is 0.364. The van der Waals surface area contributed by atoms with Gasteiger partial charge in [-0.05, 0) is 66.8 Å². The smallest absolute Gasteiger partial charge is 0.103 e. The van der Waals surface area contributed by atoms with Gasteiger partial charge < -0.3 is 10.2 Å². The molecule has 0 radical (unpaired) electrons. The molecule has 1 rings (SSSR count). The first-order valence-electron chi connectivity index (χ1n) is 6.99. The van der Waals surface area contributed by atoms with Crippen LogP contribution < -0.4 is 5.32 Å². The van der Waals surface area contributed by atoms with E-state index >= 15 is 0 Å². The molecule has 2 unspecified atom stereocenters. The van der Waals surface area contributed by atoms with E-state index in [2.05, 4.69) is 35.3 Å². The highest BCUT2D eigenvalue weighted by Gasteiger charge is 2.26. The molecule has 1 N–H and O–H groups in total. The summed E-state index contributed by atoms with van der Waals surface area (Å²) >= 11 is 0. The molecule has 1 heterocycles. The lowest BCUT2D eigenvalue weighted by Crippen LogP contribution is -2.41. The zero-order chi connectivity index (χ0) is 13.6. The number of likely N-dealkylation sites (N-methyl/N-ethyl adjacent to an activating group) is 1. The Hall–Kier alpha value is -0.630. The summed E-state index contributed by atoms with van der Waals surface area (Å²) in [6.07, 6.45) is 4.65. The van der Waals surface area contributed by atoms with Gasteiger partial charge in [-0.15, -0.1) is 0 Å². The van der Waals surface area contributed by atoms with Gasteiger partial charge in [-0.2, -0.15) is 5.26 Å². The summed E-state index contributed by atoms with van der Waals surface area (Å²) in [7, 11) is 6.16. The van der Waals surface area contributed by atoms with Crippen molar-refractivity contribution >= 4 is 0 Å². The Morgan fingerprint density at radius 1 is 1.50 bits per heavy atom. The average molecular weight is 252 g/mol. The van der Waals surface area contributed by atoms with Crippen molar-refractivity contribution in [1.82, 2.24) is 15.1 Å². The molecule has 0 amide bonds. The molecule has 0 aromatic carbocycles. The maximum Gasteiger partial charge on any atom is 0.103 e. The molecular formula is C14H28N4. The van der Waals surface area contributed by atoms with Crippen LogP contribution in [0.2, 0.25) is 0 Å². The summed E-state index contributed by atoms with van der Waals surface area (Å²) in [5.74, 6) is 0. The molecule has 0 saturated carbocycles. The van der Waals surface area contributed by atoms with E-state index in [1.807, 2.05) is 14.0 Å². The van der Waals surface area contributed by atoms with Gasteiger partial charge in [-0.3, -0.25) is 4.90 Å². The highest BCUT2D eigenvalue weighted by Crippen LogP contribution is 2.19. The lowest BCUT2D eigenvalue weighted by molar-refractivity contribution is 0.201. The highest BCUT2D eigenvalue weighted by atomic mass is 15.2. The summed E-state index contributed by atoms with van der Waals surface area (Å²) in [5, 5.41) is 12.2. The van der Waals surface area contributed by atoms with Gasteiger partial charge in [0.05, 0.1) is 6.07 Å². The van der Waals surface area contributed by atoms with Gasteiger partial charge in [0.15, 0.2) is 0 Å². The summed E-state index contributed by atoms with van der Waals surface area (Å²) in [6.45, 7) is 5.48. The summed E-state index contributed by atoms with van der Waals surface area (Å²) in [4.78, 5) is 4.86. The molecule has 0 aromatic rings.